The average Bonchev–Trinajstić information content (AvgIpc) is 3.54. The van der Waals surface area contributed by atoms with Crippen molar-refractivity contribution in [1.29, 1.82) is 0 Å². The van der Waals surface area contributed by atoms with Crippen LogP contribution in [0.3, 0.4) is 0 Å². The van der Waals surface area contributed by atoms with E-state index in [9.17, 15) is 0 Å². The molecule has 1 aromatic rings. The molecule has 1 heterocycles. The fourth-order valence-corrected chi connectivity index (χ4v) is 3.64. The van der Waals surface area contributed by atoms with E-state index >= 15 is 0 Å². The molecule has 0 spiro atoms. The van der Waals surface area contributed by atoms with Crippen LogP contribution in [0.5, 0.6) is 0 Å². The second kappa shape index (κ2) is 12.6. The second-order valence-corrected chi connectivity index (χ2v) is 7.37. The molecule has 1 saturated heterocycles. The topological polar surface area (TPSA) is 52.1 Å². The zero-order chi connectivity index (χ0) is 18.9. The summed E-state index contributed by atoms with van der Waals surface area (Å²) in [6, 6.07) is 9.51. The molecule has 1 saturated carbocycles. The summed E-state index contributed by atoms with van der Waals surface area (Å²) in [5.74, 6) is 0.878. The van der Waals surface area contributed by atoms with E-state index in [1.807, 2.05) is 7.05 Å². The molecule has 3 rings (SSSR count). The van der Waals surface area contributed by atoms with E-state index < -0.39 is 0 Å². The number of nitrogens with zero attached hydrogens (tertiary/aromatic N) is 3. The number of ether oxygens (including phenoxy) is 1. The van der Waals surface area contributed by atoms with Crippen LogP contribution in [0, 0.1) is 0 Å². The highest BCUT2D eigenvalue weighted by molar-refractivity contribution is 14.0. The highest BCUT2D eigenvalue weighted by Gasteiger charge is 2.27. The summed E-state index contributed by atoms with van der Waals surface area (Å²) >= 11 is 0. The summed E-state index contributed by atoms with van der Waals surface area (Å²) < 4.78 is 5.46. The lowest BCUT2D eigenvalue weighted by Gasteiger charge is -2.27. The monoisotopic (exact) mass is 501 g/mol. The van der Waals surface area contributed by atoms with Crippen molar-refractivity contribution in [2.75, 3.05) is 53.0 Å². The van der Waals surface area contributed by atoms with E-state index in [0.29, 0.717) is 0 Å². The molecule has 2 aliphatic rings. The van der Waals surface area contributed by atoms with Crippen molar-refractivity contribution in [3.8, 4) is 0 Å². The number of hydrogen-bond donors (Lipinski definition) is 2. The minimum absolute atomic E-state index is 0. The third-order valence-corrected chi connectivity index (χ3v) is 5.45. The Morgan fingerprint density at radius 3 is 2.54 bits per heavy atom. The van der Waals surface area contributed by atoms with Gasteiger partial charge in [0.05, 0.1) is 13.2 Å². The molecule has 0 aromatic heterocycles. The van der Waals surface area contributed by atoms with Crippen LogP contribution < -0.4 is 10.6 Å². The van der Waals surface area contributed by atoms with Crippen molar-refractivity contribution < 1.29 is 4.74 Å². The van der Waals surface area contributed by atoms with E-state index in [1.54, 1.807) is 0 Å². The first kappa shape index (κ1) is 23.4. The predicted octanol–water partition coefficient (Wildman–Crippen LogP) is 2.29. The van der Waals surface area contributed by atoms with Gasteiger partial charge in [0, 0.05) is 52.4 Å². The molecule has 1 aliphatic carbocycles. The van der Waals surface area contributed by atoms with Gasteiger partial charge in [-0.3, -0.25) is 14.8 Å². The molecule has 1 aliphatic heterocycles. The van der Waals surface area contributed by atoms with Gasteiger partial charge in [0.2, 0.25) is 0 Å². The molecule has 0 radical (unpaired) electrons. The summed E-state index contributed by atoms with van der Waals surface area (Å²) in [4.78, 5) is 9.40. The third kappa shape index (κ3) is 7.50. The fraction of sp³-hybridized carbons (Fsp3) is 0.667. The second-order valence-electron chi connectivity index (χ2n) is 7.37. The van der Waals surface area contributed by atoms with Gasteiger partial charge >= 0.3 is 0 Å². The van der Waals surface area contributed by atoms with Gasteiger partial charge in [-0.05, 0) is 30.5 Å². The Balaban J connectivity index is 0.00000280. The fourth-order valence-electron chi connectivity index (χ4n) is 3.64. The molecule has 1 aromatic carbocycles. The highest BCUT2D eigenvalue weighted by atomic mass is 127. The Morgan fingerprint density at radius 2 is 1.89 bits per heavy atom. The van der Waals surface area contributed by atoms with Crippen molar-refractivity contribution in [2.45, 2.75) is 38.9 Å². The minimum atomic E-state index is 0. The third-order valence-electron chi connectivity index (χ3n) is 5.45. The largest absolute Gasteiger partial charge is 0.379 e. The van der Waals surface area contributed by atoms with Crippen LogP contribution in [0.2, 0.25) is 0 Å². The van der Waals surface area contributed by atoms with Crippen LogP contribution in [0.1, 0.15) is 30.9 Å². The van der Waals surface area contributed by atoms with Gasteiger partial charge in [0.15, 0.2) is 5.96 Å². The maximum absolute atomic E-state index is 5.46. The van der Waals surface area contributed by atoms with Gasteiger partial charge in [-0.15, -0.1) is 24.0 Å². The number of nitrogens with one attached hydrogen (secondary N) is 2. The summed E-state index contributed by atoms with van der Waals surface area (Å²) in [6.45, 7) is 10.9. The Morgan fingerprint density at radius 1 is 1.18 bits per heavy atom. The zero-order valence-corrected chi connectivity index (χ0v) is 19.7. The molecular weight excluding hydrogens is 465 g/mol. The first-order valence-electron chi connectivity index (χ1n) is 10.4. The van der Waals surface area contributed by atoms with Crippen molar-refractivity contribution in [2.24, 2.45) is 4.99 Å². The van der Waals surface area contributed by atoms with E-state index in [2.05, 4.69) is 56.6 Å². The number of guanidine groups is 1. The molecule has 0 amide bonds. The van der Waals surface area contributed by atoms with Crippen LogP contribution in [0.25, 0.3) is 0 Å². The number of rotatable bonds is 9. The smallest absolute Gasteiger partial charge is 0.191 e. The number of aliphatic imine (C=N–C) groups is 1. The lowest BCUT2D eigenvalue weighted by atomic mass is 10.1. The molecule has 0 bridgehead atoms. The molecular formula is C21H36IN5O. The Kier molecular flexibility index (Phi) is 10.5. The maximum Gasteiger partial charge on any atom is 0.191 e. The van der Waals surface area contributed by atoms with Gasteiger partial charge in [0.25, 0.3) is 0 Å². The molecule has 158 valence electrons. The molecule has 0 unspecified atom stereocenters. The van der Waals surface area contributed by atoms with Crippen LogP contribution in [-0.2, 0) is 17.8 Å². The molecule has 28 heavy (non-hydrogen) atoms. The van der Waals surface area contributed by atoms with Crippen molar-refractivity contribution >= 4 is 29.9 Å². The van der Waals surface area contributed by atoms with Gasteiger partial charge in [-0.2, -0.15) is 0 Å². The van der Waals surface area contributed by atoms with Crippen LogP contribution >= 0.6 is 24.0 Å². The zero-order valence-electron chi connectivity index (χ0n) is 17.3. The lowest BCUT2D eigenvalue weighted by molar-refractivity contribution is 0.0341. The SMILES string of the molecule is CCN(CCNC(=NC)NCc1ccccc1CN1CCOCC1)C1CC1.I. The van der Waals surface area contributed by atoms with E-state index in [4.69, 9.17) is 4.74 Å². The predicted molar refractivity (Wildman–Crippen MR) is 126 cm³/mol. The summed E-state index contributed by atoms with van der Waals surface area (Å²) in [5, 5.41) is 6.94. The normalized spacial score (nSPS) is 18.0. The molecule has 6 nitrogen and oxygen atoms in total. The van der Waals surface area contributed by atoms with Crippen LogP contribution in [-0.4, -0.2) is 74.8 Å². The van der Waals surface area contributed by atoms with Crippen LogP contribution in [0.15, 0.2) is 29.3 Å². The summed E-state index contributed by atoms with van der Waals surface area (Å²) in [7, 11) is 1.84. The summed E-state index contributed by atoms with van der Waals surface area (Å²) in [5.41, 5.74) is 2.72. The van der Waals surface area contributed by atoms with E-state index in [0.717, 1.165) is 71.0 Å². The van der Waals surface area contributed by atoms with Crippen molar-refractivity contribution in [3.05, 3.63) is 35.4 Å². The Bertz CT molecular complexity index is 602. The standard InChI is InChI=1S/C21H35N5O.HI/c1-3-26(20-8-9-20)11-10-23-21(22-2)24-16-18-6-4-5-7-19(18)17-25-12-14-27-15-13-25;/h4-7,20H,3,8-17H2,1-2H3,(H2,22,23,24);1H. The number of halogens is 1. The quantitative estimate of drug-likeness (QED) is 0.309. The number of hydrogen-bond acceptors (Lipinski definition) is 4. The highest BCUT2D eigenvalue weighted by Crippen LogP contribution is 2.25. The molecule has 2 fully saturated rings. The van der Waals surface area contributed by atoms with Gasteiger partial charge in [-0.1, -0.05) is 31.2 Å². The van der Waals surface area contributed by atoms with E-state index in [-0.39, 0.29) is 24.0 Å². The Hall–Kier alpha value is -0.900. The minimum Gasteiger partial charge on any atom is -0.379 e. The molecule has 0 atom stereocenters. The van der Waals surface area contributed by atoms with Crippen molar-refractivity contribution in [3.63, 3.8) is 0 Å². The average molecular weight is 501 g/mol. The number of morpholine rings is 1. The van der Waals surface area contributed by atoms with Crippen LogP contribution in [0.4, 0.5) is 0 Å². The van der Waals surface area contributed by atoms with Gasteiger partial charge < -0.3 is 15.4 Å². The first-order valence-corrected chi connectivity index (χ1v) is 10.4. The van der Waals surface area contributed by atoms with E-state index in [1.165, 1.54) is 24.0 Å². The number of likely N-dealkylation sites (N-methyl/N-ethyl adjacent to an activating group) is 1. The first-order chi connectivity index (χ1) is 13.3. The van der Waals surface area contributed by atoms with Gasteiger partial charge in [0.1, 0.15) is 0 Å². The van der Waals surface area contributed by atoms with Gasteiger partial charge in [-0.25, -0.2) is 0 Å². The molecule has 2 N–H and O–H groups in total. The maximum atomic E-state index is 5.46. The van der Waals surface area contributed by atoms with Crippen molar-refractivity contribution in [1.82, 2.24) is 20.4 Å². The number of benzene rings is 1. The Labute approximate surface area is 187 Å². The molecule has 7 heteroatoms. The lowest BCUT2D eigenvalue weighted by Crippen LogP contribution is -2.42. The summed E-state index contributed by atoms with van der Waals surface area (Å²) in [6.07, 6.45) is 2.72.